The van der Waals surface area contributed by atoms with E-state index in [1.54, 1.807) is 7.05 Å². The predicted octanol–water partition coefficient (Wildman–Crippen LogP) is 1.57. The monoisotopic (exact) mass is 330 g/mol. The number of nitrogens with one attached hydrogen (secondary N) is 1. The van der Waals surface area contributed by atoms with Crippen LogP contribution in [-0.2, 0) is 16.0 Å². The van der Waals surface area contributed by atoms with Crippen LogP contribution in [0.2, 0.25) is 0 Å². The van der Waals surface area contributed by atoms with Crippen LogP contribution in [0.15, 0.2) is 28.7 Å². The minimum absolute atomic E-state index is 0.0598. The first-order valence-corrected chi connectivity index (χ1v) is 7.91. The molecule has 1 aromatic heterocycles. The SMILES string of the molecule is CCN(CC(=O)NC)C(=O)CCc1nnc(-c2ccc(C)cc2)o1. The minimum Gasteiger partial charge on any atom is -0.421 e. The van der Waals surface area contributed by atoms with Crippen molar-refractivity contribution in [3.8, 4) is 11.5 Å². The molecule has 7 nitrogen and oxygen atoms in total. The van der Waals surface area contributed by atoms with E-state index in [9.17, 15) is 9.59 Å². The van der Waals surface area contributed by atoms with Crippen molar-refractivity contribution in [1.29, 1.82) is 0 Å². The number of likely N-dealkylation sites (N-methyl/N-ethyl adjacent to an activating group) is 2. The molecule has 0 aliphatic carbocycles. The topological polar surface area (TPSA) is 88.3 Å². The van der Waals surface area contributed by atoms with E-state index in [4.69, 9.17) is 4.42 Å². The molecule has 0 saturated carbocycles. The van der Waals surface area contributed by atoms with Gasteiger partial charge in [-0.25, -0.2) is 0 Å². The van der Waals surface area contributed by atoms with Gasteiger partial charge in [-0.05, 0) is 26.0 Å². The summed E-state index contributed by atoms with van der Waals surface area (Å²) in [4.78, 5) is 25.1. The van der Waals surface area contributed by atoms with Gasteiger partial charge >= 0.3 is 0 Å². The average molecular weight is 330 g/mol. The Bertz CT molecular complexity index is 694. The lowest BCUT2D eigenvalue weighted by atomic mass is 10.1. The number of carbonyl (C=O) groups excluding carboxylic acids is 2. The van der Waals surface area contributed by atoms with Crippen molar-refractivity contribution in [2.75, 3.05) is 20.1 Å². The van der Waals surface area contributed by atoms with E-state index in [0.29, 0.717) is 24.7 Å². The van der Waals surface area contributed by atoms with Crippen molar-refractivity contribution in [3.05, 3.63) is 35.7 Å². The summed E-state index contributed by atoms with van der Waals surface area (Å²) < 4.78 is 5.60. The molecule has 24 heavy (non-hydrogen) atoms. The van der Waals surface area contributed by atoms with Gasteiger partial charge in [0.1, 0.15) is 0 Å². The van der Waals surface area contributed by atoms with Gasteiger partial charge in [0.2, 0.25) is 23.6 Å². The fourth-order valence-corrected chi connectivity index (χ4v) is 2.17. The molecule has 0 aliphatic heterocycles. The Morgan fingerprint density at radius 3 is 2.54 bits per heavy atom. The molecular formula is C17H22N4O3. The van der Waals surface area contributed by atoms with Crippen LogP contribution in [0.4, 0.5) is 0 Å². The molecule has 0 atom stereocenters. The second-order valence-electron chi connectivity index (χ2n) is 5.45. The number of aryl methyl sites for hydroxylation is 2. The highest BCUT2D eigenvalue weighted by molar-refractivity contribution is 5.84. The molecule has 0 aliphatic rings. The van der Waals surface area contributed by atoms with E-state index < -0.39 is 0 Å². The van der Waals surface area contributed by atoms with Gasteiger partial charge in [0, 0.05) is 32.0 Å². The molecule has 2 rings (SSSR count). The lowest BCUT2D eigenvalue weighted by molar-refractivity contribution is -0.135. The van der Waals surface area contributed by atoms with E-state index in [1.807, 2.05) is 38.1 Å². The first-order chi connectivity index (χ1) is 11.5. The van der Waals surface area contributed by atoms with E-state index in [0.717, 1.165) is 11.1 Å². The van der Waals surface area contributed by atoms with Crippen molar-refractivity contribution in [2.45, 2.75) is 26.7 Å². The molecule has 0 fully saturated rings. The maximum atomic E-state index is 12.2. The van der Waals surface area contributed by atoms with E-state index in [-0.39, 0.29) is 24.8 Å². The number of hydrogen-bond acceptors (Lipinski definition) is 5. The van der Waals surface area contributed by atoms with Crippen molar-refractivity contribution >= 4 is 11.8 Å². The standard InChI is InChI=1S/C17H22N4O3/c1-4-21(11-14(22)18-3)16(23)10-9-15-19-20-17(24-15)13-7-5-12(2)6-8-13/h5-8H,4,9-11H2,1-3H3,(H,18,22). The maximum Gasteiger partial charge on any atom is 0.247 e. The molecule has 1 N–H and O–H groups in total. The van der Waals surface area contributed by atoms with Gasteiger partial charge in [-0.1, -0.05) is 17.7 Å². The second kappa shape index (κ2) is 8.24. The van der Waals surface area contributed by atoms with Gasteiger partial charge in [0.25, 0.3) is 0 Å². The van der Waals surface area contributed by atoms with Gasteiger partial charge in [0.15, 0.2) is 0 Å². The number of benzene rings is 1. The molecule has 128 valence electrons. The Kier molecular flexibility index (Phi) is 6.06. The third-order valence-corrected chi connectivity index (χ3v) is 3.67. The number of amides is 2. The highest BCUT2D eigenvalue weighted by Crippen LogP contribution is 2.18. The predicted molar refractivity (Wildman–Crippen MR) is 89.1 cm³/mol. The molecule has 0 radical (unpaired) electrons. The fourth-order valence-electron chi connectivity index (χ4n) is 2.17. The summed E-state index contributed by atoms with van der Waals surface area (Å²) in [5.41, 5.74) is 2.00. The third-order valence-electron chi connectivity index (χ3n) is 3.67. The summed E-state index contributed by atoms with van der Waals surface area (Å²) in [6, 6.07) is 7.78. The Hall–Kier alpha value is -2.70. The first kappa shape index (κ1) is 17.7. The minimum atomic E-state index is -0.190. The first-order valence-electron chi connectivity index (χ1n) is 7.91. The zero-order valence-electron chi connectivity index (χ0n) is 14.2. The quantitative estimate of drug-likeness (QED) is 0.832. The van der Waals surface area contributed by atoms with Crippen LogP contribution in [0, 0.1) is 6.92 Å². The van der Waals surface area contributed by atoms with Gasteiger partial charge in [-0.3, -0.25) is 9.59 Å². The Morgan fingerprint density at radius 2 is 1.92 bits per heavy atom. The van der Waals surface area contributed by atoms with Crippen LogP contribution >= 0.6 is 0 Å². The third kappa shape index (κ3) is 4.65. The van der Waals surface area contributed by atoms with Crippen LogP contribution < -0.4 is 5.32 Å². The largest absolute Gasteiger partial charge is 0.421 e. The molecule has 0 saturated heterocycles. The zero-order valence-corrected chi connectivity index (χ0v) is 14.2. The Balaban J connectivity index is 1.93. The molecule has 7 heteroatoms. The van der Waals surface area contributed by atoms with Crippen LogP contribution in [0.5, 0.6) is 0 Å². The molecule has 0 bridgehead atoms. The van der Waals surface area contributed by atoms with Crippen LogP contribution in [0.3, 0.4) is 0 Å². The van der Waals surface area contributed by atoms with E-state index >= 15 is 0 Å². The molecular weight excluding hydrogens is 308 g/mol. The smallest absolute Gasteiger partial charge is 0.247 e. The van der Waals surface area contributed by atoms with Crippen molar-refractivity contribution in [3.63, 3.8) is 0 Å². The Morgan fingerprint density at radius 1 is 1.21 bits per heavy atom. The zero-order chi connectivity index (χ0) is 17.5. The molecule has 2 amide bonds. The van der Waals surface area contributed by atoms with Crippen molar-refractivity contribution in [1.82, 2.24) is 20.4 Å². The molecule has 1 aromatic carbocycles. The number of hydrogen-bond donors (Lipinski definition) is 1. The van der Waals surface area contributed by atoms with Gasteiger partial charge < -0.3 is 14.6 Å². The molecule has 1 heterocycles. The van der Waals surface area contributed by atoms with Gasteiger partial charge in [-0.2, -0.15) is 0 Å². The van der Waals surface area contributed by atoms with Crippen molar-refractivity contribution in [2.24, 2.45) is 0 Å². The molecule has 2 aromatic rings. The second-order valence-corrected chi connectivity index (χ2v) is 5.45. The average Bonchev–Trinajstić information content (AvgIpc) is 3.06. The molecule has 0 unspecified atom stereocenters. The summed E-state index contributed by atoms with van der Waals surface area (Å²) in [5.74, 6) is 0.547. The van der Waals surface area contributed by atoms with Crippen LogP contribution in [0.1, 0.15) is 24.8 Å². The van der Waals surface area contributed by atoms with Crippen LogP contribution in [0.25, 0.3) is 11.5 Å². The van der Waals surface area contributed by atoms with E-state index in [2.05, 4.69) is 15.5 Å². The van der Waals surface area contributed by atoms with Gasteiger partial charge in [0.05, 0.1) is 6.54 Å². The summed E-state index contributed by atoms with van der Waals surface area (Å²) >= 11 is 0. The van der Waals surface area contributed by atoms with Gasteiger partial charge in [-0.15, -0.1) is 10.2 Å². The Labute approximate surface area is 141 Å². The summed E-state index contributed by atoms with van der Waals surface area (Å²) in [6.07, 6.45) is 0.572. The number of aromatic nitrogens is 2. The van der Waals surface area contributed by atoms with Crippen molar-refractivity contribution < 1.29 is 14.0 Å². The highest BCUT2D eigenvalue weighted by atomic mass is 16.4. The highest BCUT2D eigenvalue weighted by Gasteiger charge is 2.16. The lowest BCUT2D eigenvalue weighted by Gasteiger charge is -2.19. The normalized spacial score (nSPS) is 10.5. The number of rotatable bonds is 7. The maximum absolute atomic E-state index is 12.2. The molecule has 0 spiro atoms. The number of carbonyl (C=O) groups is 2. The number of nitrogens with zero attached hydrogens (tertiary/aromatic N) is 3. The summed E-state index contributed by atoms with van der Waals surface area (Å²) in [5, 5.41) is 10.5. The van der Waals surface area contributed by atoms with E-state index in [1.165, 1.54) is 4.90 Å². The fraction of sp³-hybridized carbons (Fsp3) is 0.412. The van der Waals surface area contributed by atoms with Crippen LogP contribution in [-0.4, -0.2) is 47.0 Å². The summed E-state index contributed by atoms with van der Waals surface area (Å²) in [6.45, 7) is 4.38. The summed E-state index contributed by atoms with van der Waals surface area (Å²) in [7, 11) is 1.55. The lowest BCUT2D eigenvalue weighted by Crippen LogP contribution is -2.39.